The molecule has 0 aliphatic heterocycles. The number of ketones is 1. The Labute approximate surface area is 146 Å². The Morgan fingerprint density at radius 2 is 1.75 bits per heavy atom. The second-order valence-corrected chi connectivity index (χ2v) is 7.60. The molecule has 0 bridgehead atoms. The van der Waals surface area contributed by atoms with Gasteiger partial charge >= 0.3 is 0 Å². The van der Waals surface area contributed by atoms with Crippen molar-refractivity contribution in [2.24, 2.45) is 5.92 Å². The van der Waals surface area contributed by atoms with E-state index >= 15 is 0 Å². The Morgan fingerprint density at radius 1 is 1.08 bits per heavy atom. The van der Waals surface area contributed by atoms with Crippen molar-refractivity contribution in [3.05, 3.63) is 65.7 Å². The molecule has 0 saturated carbocycles. The van der Waals surface area contributed by atoms with E-state index in [4.69, 9.17) is 4.74 Å². The maximum absolute atomic E-state index is 12.2. The Morgan fingerprint density at radius 3 is 2.42 bits per heavy atom. The van der Waals surface area contributed by atoms with Crippen LogP contribution in [0.1, 0.15) is 24.5 Å². The van der Waals surface area contributed by atoms with E-state index in [2.05, 4.69) is 0 Å². The number of hydrogen-bond donors (Lipinski definition) is 0. The van der Waals surface area contributed by atoms with Crippen molar-refractivity contribution < 1.29 is 13.7 Å². The van der Waals surface area contributed by atoms with E-state index in [0.717, 1.165) is 11.1 Å². The van der Waals surface area contributed by atoms with Gasteiger partial charge in [-0.25, -0.2) is 0 Å². The summed E-state index contributed by atoms with van der Waals surface area (Å²) in [6, 6.07) is 17.4. The Balaban J connectivity index is 1.71. The smallest absolute Gasteiger partial charge is 0.146 e. The van der Waals surface area contributed by atoms with Gasteiger partial charge in [-0.3, -0.25) is 9.00 Å². The highest BCUT2D eigenvalue weighted by Gasteiger charge is 2.14. The number of ether oxygens (including phenoxy) is 1. The molecule has 128 valence electrons. The molecule has 0 heterocycles. The van der Waals surface area contributed by atoms with Gasteiger partial charge in [-0.15, -0.1) is 0 Å². The first kappa shape index (κ1) is 18.6. The van der Waals surface area contributed by atoms with Crippen LogP contribution in [0.2, 0.25) is 0 Å². The molecular weight excluding hydrogens is 320 g/mol. The van der Waals surface area contributed by atoms with E-state index in [9.17, 15) is 9.00 Å². The van der Waals surface area contributed by atoms with Crippen LogP contribution >= 0.6 is 0 Å². The largest absolute Gasteiger partial charge is 0.376 e. The molecule has 0 saturated heterocycles. The molecule has 0 aromatic heterocycles. The summed E-state index contributed by atoms with van der Waals surface area (Å²) in [5.41, 5.74) is 2.24. The van der Waals surface area contributed by atoms with E-state index in [1.54, 1.807) is 0 Å². The highest BCUT2D eigenvalue weighted by atomic mass is 32.2. The van der Waals surface area contributed by atoms with Crippen molar-refractivity contribution in [2.45, 2.75) is 31.8 Å². The first-order chi connectivity index (χ1) is 11.5. The molecule has 0 amide bonds. The molecule has 0 fully saturated rings. The van der Waals surface area contributed by atoms with Gasteiger partial charge in [-0.05, 0) is 30.5 Å². The summed E-state index contributed by atoms with van der Waals surface area (Å²) in [5, 5.41) is 0. The quantitative estimate of drug-likeness (QED) is 0.692. The van der Waals surface area contributed by atoms with Gasteiger partial charge in [-0.2, -0.15) is 0 Å². The molecule has 4 heteroatoms. The lowest BCUT2D eigenvalue weighted by Crippen LogP contribution is -2.17. The predicted molar refractivity (Wildman–Crippen MR) is 97.3 cm³/mol. The molecule has 24 heavy (non-hydrogen) atoms. The lowest BCUT2D eigenvalue weighted by Gasteiger charge is -2.11. The number of Topliss-reactive ketones (excluding diaryl/α,β-unsaturated/α-hetero) is 1. The van der Waals surface area contributed by atoms with E-state index in [-0.39, 0.29) is 17.5 Å². The molecule has 0 radical (unpaired) electrons. The molecule has 2 atom stereocenters. The first-order valence-corrected chi connectivity index (χ1v) is 9.45. The second kappa shape index (κ2) is 9.50. The lowest BCUT2D eigenvalue weighted by molar-refractivity contribution is -0.117. The van der Waals surface area contributed by atoms with Crippen LogP contribution in [0.15, 0.2) is 59.5 Å². The number of benzene rings is 2. The SMILES string of the molecule is Cc1ccc(S(=O)CC(=O)C[C@H](C)COCc2ccccc2)cc1. The molecule has 0 aliphatic rings. The van der Waals surface area contributed by atoms with Crippen molar-refractivity contribution in [3.8, 4) is 0 Å². The number of rotatable bonds is 9. The molecular formula is C20H24O3S. The maximum Gasteiger partial charge on any atom is 0.146 e. The van der Waals surface area contributed by atoms with Crippen LogP contribution < -0.4 is 0 Å². The molecule has 0 N–H and O–H groups in total. The van der Waals surface area contributed by atoms with E-state index in [1.165, 1.54) is 0 Å². The van der Waals surface area contributed by atoms with Crippen LogP contribution in [-0.4, -0.2) is 22.4 Å². The number of carbonyl (C=O) groups is 1. The number of hydrogen-bond acceptors (Lipinski definition) is 3. The monoisotopic (exact) mass is 344 g/mol. The highest BCUT2D eigenvalue weighted by Crippen LogP contribution is 2.11. The predicted octanol–water partition coefficient (Wildman–Crippen LogP) is 3.91. The summed E-state index contributed by atoms with van der Waals surface area (Å²) < 4.78 is 17.9. The Hall–Kier alpha value is -1.78. The van der Waals surface area contributed by atoms with Crippen LogP contribution in [0.25, 0.3) is 0 Å². The van der Waals surface area contributed by atoms with Crippen molar-refractivity contribution >= 4 is 16.6 Å². The Bertz CT molecular complexity index is 665. The van der Waals surface area contributed by atoms with Crippen LogP contribution in [-0.2, 0) is 26.9 Å². The first-order valence-electron chi connectivity index (χ1n) is 8.13. The third-order valence-corrected chi connectivity index (χ3v) is 5.05. The van der Waals surface area contributed by atoms with Crippen LogP contribution in [0.5, 0.6) is 0 Å². The van der Waals surface area contributed by atoms with Gasteiger partial charge in [0, 0.05) is 17.9 Å². The summed E-state index contributed by atoms with van der Waals surface area (Å²) in [4.78, 5) is 12.8. The molecule has 2 aromatic rings. The van der Waals surface area contributed by atoms with Gasteiger partial charge in [0.25, 0.3) is 0 Å². The normalized spacial score (nSPS) is 13.4. The zero-order chi connectivity index (χ0) is 17.4. The minimum Gasteiger partial charge on any atom is -0.376 e. The van der Waals surface area contributed by atoms with E-state index in [1.807, 2.05) is 68.4 Å². The van der Waals surface area contributed by atoms with Gasteiger partial charge in [0.1, 0.15) is 5.78 Å². The Kier molecular flexibility index (Phi) is 7.35. The standard InChI is InChI=1S/C20H24O3S/c1-16-8-10-20(11-9-16)24(22)15-19(21)12-17(2)13-23-14-18-6-4-3-5-7-18/h3-11,17H,12-15H2,1-2H3/t17-,24?/m0/s1. The fourth-order valence-electron chi connectivity index (χ4n) is 2.38. The summed E-state index contributed by atoms with van der Waals surface area (Å²) in [5.74, 6) is 0.215. The molecule has 0 spiro atoms. The lowest BCUT2D eigenvalue weighted by atomic mass is 10.1. The second-order valence-electron chi connectivity index (χ2n) is 6.15. The summed E-state index contributed by atoms with van der Waals surface area (Å²) in [6.07, 6.45) is 0.395. The zero-order valence-corrected chi connectivity index (χ0v) is 15.1. The third kappa shape index (κ3) is 6.38. The maximum atomic E-state index is 12.2. The fourth-order valence-corrected chi connectivity index (χ4v) is 3.39. The molecule has 1 unspecified atom stereocenters. The van der Waals surface area contributed by atoms with Gasteiger partial charge in [0.05, 0.1) is 23.2 Å². The minimum atomic E-state index is -1.26. The topological polar surface area (TPSA) is 43.4 Å². The molecule has 2 rings (SSSR count). The van der Waals surface area contributed by atoms with Crippen LogP contribution in [0, 0.1) is 12.8 Å². The van der Waals surface area contributed by atoms with Crippen LogP contribution in [0.3, 0.4) is 0 Å². The number of aryl methyl sites for hydroxylation is 1. The van der Waals surface area contributed by atoms with Crippen molar-refractivity contribution in [1.29, 1.82) is 0 Å². The average molecular weight is 344 g/mol. The zero-order valence-electron chi connectivity index (χ0n) is 14.2. The fraction of sp³-hybridized carbons (Fsp3) is 0.350. The van der Waals surface area contributed by atoms with Gasteiger partial charge < -0.3 is 4.74 Å². The minimum absolute atomic E-state index is 0.0183. The summed E-state index contributed by atoms with van der Waals surface area (Å²) in [7, 11) is -1.26. The highest BCUT2D eigenvalue weighted by molar-refractivity contribution is 7.85. The van der Waals surface area contributed by atoms with E-state index in [0.29, 0.717) is 24.5 Å². The van der Waals surface area contributed by atoms with Crippen molar-refractivity contribution in [3.63, 3.8) is 0 Å². The number of carbonyl (C=O) groups excluding carboxylic acids is 1. The third-order valence-electron chi connectivity index (χ3n) is 3.67. The van der Waals surface area contributed by atoms with Crippen molar-refractivity contribution in [1.82, 2.24) is 0 Å². The van der Waals surface area contributed by atoms with Gasteiger partial charge in [0.15, 0.2) is 0 Å². The molecule has 0 aliphatic carbocycles. The van der Waals surface area contributed by atoms with Gasteiger partial charge in [-0.1, -0.05) is 55.0 Å². The summed E-state index contributed by atoms with van der Waals surface area (Å²) >= 11 is 0. The summed E-state index contributed by atoms with van der Waals surface area (Å²) in [6.45, 7) is 5.04. The van der Waals surface area contributed by atoms with E-state index < -0.39 is 10.8 Å². The van der Waals surface area contributed by atoms with Crippen molar-refractivity contribution in [2.75, 3.05) is 12.4 Å². The van der Waals surface area contributed by atoms with Gasteiger partial charge in [0.2, 0.25) is 0 Å². The molecule has 3 nitrogen and oxygen atoms in total. The average Bonchev–Trinajstić information content (AvgIpc) is 2.56. The molecule has 2 aromatic carbocycles. The van der Waals surface area contributed by atoms with Crippen LogP contribution in [0.4, 0.5) is 0 Å².